The monoisotopic (exact) mass is 599 g/mol. The van der Waals surface area contributed by atoms with Crippen molar-refractivity contribution in [3.05, 3.63) is 94.0 Å². The van der Waals surface area contributed by atoms with Gasteiger partial charge in [-0.15, -0.1) is 0 Å². The number of anilines is 1. The van der Waals surface area contributed by atoms with Gasteiger partial charge in [0, 0.05) is 17.6 Å². The topological polar surface area (TPSA) is 86.8 Å². The Morgan fingerprint density at radius 3 is 2.26 bits per heavy atom. The van der Waals surface area contributed by atoms with Crippen LogP contribution >= 0.6 is 15.9 Å². The Morgan fingerprint density at radius 1 is 0.974 bits per heavy atom. The zero-order valence-electron chi connectivity index (χ0n) is 22.1. The average Bonchev–Trinajstić information content (AvgIpc) is 2.91. The molecule has 1 N–H and O–H groups in total. The first-order chi connectivity index (χ1) is 18.0. The maximum Gasteiger partial charge on any atom is 0.264 e. The van der Waals surface area contributed by atoms with Crippen LogP contribution in [0.3, 0.4) is 0 Å². The third-order valence-corrected chi connectivity index (χ3v) is 8.53. The predicted octanol–water partition coefficient (Wildman–Crippen LogP) is 5.20. The molecule has 38 heavy (non-hydrogen) atoms. The molecule has 0 aliphatic carbocycles. The van der Waals surface area contributed by atoms with Gasteiger partial charge in [-0.1, -0.05) is 65.3 Å². The van der Waals surface area contributed by atoms with Gasteiger partial charge < -0.3 is 10.2 Å². The maximum atomic E-state index is 13.9. The van der Waals surface area contributed by atoms with E-state index in [-0.39, 0.29) is 17.3 Å². The van der Waals surface area contributed by atoms with E-state index >= 15 is 0 Å². The summed E-state index contributed by atoms with van der Waals surface area (Å²) in [6, 6.07) is 20.2. The summed E-state index contributed by atoms with van der Waals surface area (Å²) in [6.07, 6.45) is 0.759. The Bertz CT molecular complexity index is 1360. The number of carbonyl (C=O) groups excluding carboxylic acids is 2. The number of amides is 2. The minimum absolute atomic E-state index is 0.0851. The number of halogens is 1. The van der Waals surface area contributed by atoms with Crippen molar-refractivity contribution in [2.75, 3.05) is 17.4 Å². The number of nitrogens with one attached hydrogen (secondary N) is 1. The maximum absolute atomic E-state index is 13.9. The molecule has 0 unspecified atom stereocenters. The molecule has 3 rings (SSSR count). The van der Waals surface area contributed by atoms with E-state index in [1.807, 2.05) is 57.2 Å². The molecule has 7 nitrogen and oxygen atoms in total. The first-order valence-corrected chi connectivity index (χ1v) is 14.7. The van der Waals surface area contributed by atoms with Crippen molar-refractivity contribution in [2.24, 2.45) is 0 Å². The van der Waals surface area contributed by atoms with Crippen LogP contribution in [-0.2, 0) is 26.2 Å². The Labute approximate surface area is 234 Å². The van der Waals surface area contributed by atoms with Gasteiger partial charge in [0.1, 0.15) is 12.6 Å². The lowest BCUT2D eigenvalue weighted by Crippen LogP contribution is -2.51. The van der Waals surface area contributed by atoms with Crippen LogP contribution < -0.4 is 9.62 Å². The second kappa shape index (κ2) is 13.1. The first-order valence-electron chi connectivity index (χ1n) is 12.5. The minimum atomic E-state index is -4.08. The van der Waals surface area contributed by atoms with Gasteiger partial charge in [0.15, 0.2) is 0 Å². The standard InChI is InChI=1S/C29H34BrN3O4S/c1-5-17-31-29(35)23(4)32(19-24-13-15-25(30)16-14-24)28(34)20-33(27-18-21(2)11-12-22(27)3)38(36,37)26-9-7-6-8-10-26/h6-16,18,23H,5,17,19-20H2,1-4H3,(H,31,35)/t23-/m0/s1. The van der Waals surface area contributed by atoms with Crippen LogP contribution in [0.15, 0.2) is 82.2 Å². The summed E-state index contributed by atoms with van der Waals surface area (Å²) in [4.78, 5) is 28.4. The van der Waals surface area contributed by atoms with Crippen molar-refractivity contribution >= 4 is 43.5 Å². The van der Waals surface area contributed by atoms with Crippen molar-refractivity contribution < 1.29 is 18.0 Å². The summed E-state index contributed by atoms with van der Waals surface area (Å²) in [7, 11) is -4.08. The van der Waals surface area contributed by atoms with Crippen molar-refractivity contribution in [2.45, 2.75) is 51.6 Å². The quantitative estimate of drug-likeness (QED) is 0.328. The molecule has 0 heterocycles. The van der Waals surface area contributed by atoms with Crippen molar-refractivity contribution in [1.29, 1.82) is 0 Å². The van der Waals surface area contributed by atoms with Crippen LogP contribution in [0.2, 0.25) is 0 Å². The normalized spacial score (nSPS) is 12.0. The van der Waals surface area contributed by atoms with E-state index in [0.717, 1.165) is 31.9 Å². The zero-order chi connectivity index (χ0) is 27.9. The number of aryl methyl sites for hydroxylation is 2. The summed E-state index contributed by atoms with van der Waals surface area (Å²) in [5, 5.41) is 2.85. The molecular formula is C29H34BrN3O4S. The van der Waals surface area contributed by atoms with Crippen LogP contribution in [0.1, 0.15) is 37.0 Å². The number of hydrogen-bond donors (Lipinski definition) is 1. The van der Waals surface area contributed by atoms with Gasteiger partial charge in [0.05, 0.1) is 10.6 Å². The van der Waals surface area contributed by atoms with Crippen LogP contribution in [0.4, 0.5) is 5.69 Å². The number of carbonyl (C=O) groups is 2. The molecule has 0 fully saturated rings. The molecule has 0 spiro atoms. The third kappa shape index (κ3) is 7.23. The van der Waals surface area contributed by atoms with E-state index in [0.29, 0.717) is 12.2 Å². The number of rotatable bonds is 11. The Balaban J connectivity index is 2.04. The largest absolute Gasteiger partial charge is 0.354 e. The number of hydrogen-bond acceptors (Lipinski definition) is 4. The highest BCUT2D eigenvalue weighted by atomic mass is 79.9. The molecule has 0 aliphatic rings. The Morgan fingerprint density at radius 2 is 1.63 bits per heavy atom. The second-order valence-electron chi connectivity index (χ2n) is 9.23. The molecule has 0 aromatic heterocycles. The van der Waals surface area contributed by atoms with Crippen LogP contribution in [0, 0.1) is 13.8 Å². The molecule has 3 aromatic rings. The average molecular weight is 601 g/mol. The van der Waals surface area contributed by atoms with E-state index in [1.54, 1.807) is 31.2 Å². The molecule has 3 aromatic carbocycles. The molecule has 9 heteroatoms. The molecule has 2 amide bonds. The van der Waals surface area contributed by atoms with E-state index in [9.17, 15) is 18.0 Å². The number of benzene rings is 3. The van der Waals surface area contributed by atoms with E-state index in [1.165, 1.54) is 17.0 Å². The molecular weight excluding hydrogens is 566 g/mol. The summed E-state index contributed by atoms with van der Waals surface area (Å²) >= 11 is 3.42. The summed E-state index contributed by atoms with van der Waals surface area (Å²) in [6.45, 7) is 7.48. The van der Waals surface area contributed by atoms with Crippen LogP contribution in [0.25, 0.3) is 0 Å². The summed E-state index contributed by atoms with van der Waals surface area (Å²) < 4.78 is 29.8. The Hall–Kier alpha value is -3.17. The summed E-state index contributed by atoms with van der Waals surface area (Å²) in [5.41, 5.74) is 2.83. The molecule has 1 atom stereocenters. The number of sulfonamides is 1. The van der Waals surface area contributed by atoms with Crippen molar-refractivity contribution in [3.63, 3.8) is 0 Å². The zero-order valence-corrected chi connectivity index (χ0v) is 24.6. The fraction of sp³-hybridized carbons (Fsp3) is 0.310. The lowest BCUT2D eigenvalue weighted by molar-refractivity contribution is -0.139. The highest BCUT2D eigenvalue weighted by Crippen LogP contribution is 2.28. The van der Waals surface area contributed by atoms with Gasteiger partial charge in [0.25, 0.3) is 10.0 Å². The first kappa shape index (κ1) is 29.4. The fourth-order valence-corrected chi connectivity index (χ4v) is 5.74. The fourth-order valence-electron chi connectivity index (χ4n) is 3.99. The van der Waals surface area contributed by atoms with Crippen LogP contribution in [0.5, 0.6) is 0 Å². The van der Waals surface area contributed by atoms with Gasteiger partial charge in [-0.05, 0) is 74.2 Å². The highest BCUT2D eigenvalue weighted by molar-refractivity contribution is 9.10. The molecule has 0 bridgehead atoms. The van der Waals surface area contributed by atoms with Gasteiger partial charge >= 0.3 is 0 Å². The molecule has 0 saturated heterocycles. The molecule has 0 saturated carbocycles. The van der Waals surface area contributed by atoms with Gasteiger partial charge in [-0.25, -0.2) is 8.42 Å². The molecule has 202 valence electrons. The SMILES string of the molecule is CCCNC(=O)[C@H](C)N(Cc1ccc(Br)cc1)C(=O)CN(c1cc(C)ccc1C)S(=O)(=O)c1ccccc1. The lowest BCUT2D eigenvalue weighted by atomic mass is 10.1. The van der Waals surface area contributed by atoms with Gasteiger partial charge in [-0.3, -0.25) is 13.9 Å². The van der Waals surface area contributed by atoms with Gasteiger partial charge in [0.2, 0.25) is 11.8 Å². The van der Waals surface area contributed by atoms with Crippen molar-refractivity contribution in [3.8, 4) is 0 Å². The second-order valence-corrected chi connectivity index (χ2v) is 12.0. The molecule has 0 aliphatic heterocycles. The Kier molecular flexibility index (Phi) is 10.1. The van der Waals surface area contributed by atoms with Crippen LogP contribution in [-0.4, -0.2) is 44.3 Å². The number of nitrogens with zero attached hydrogens (tertiary/aromatic N) is 2. The minimum Gasteiger partial charge on any atom is -0.354 e. The third-order valence-electron chi connectivity index (χ3n) is 6.23. The van der Waals surface area contributed by atoms with Crippen molar-refractivity contribution in [1.82, 2.24) is 10.2 Å². The van der Waals surface area contributed by atoms with E-state index in [4.69, 9.17) is 0 Å². The lowest BCUT2D eigenvalue weighted by Gasteiger charge is -2.32. The van der Waals surface area contributed by atoms with Gasteiger partial charge in [-0.2, -0.15) is 0 Å². The van der Waals surface area contributed by atoms with E-state index < -0.39 is 28.5 Å². The van der Waals surface area contributed by atoms with E-state index in [2.05, 4.69) is 21.2 Å². The smallest absolute Gasteiger partial charge is 0.264 e. The highest BCUT2D eigenvalue weighted by Gasteiger charge is 2.33. The summed E-state index contributed by atoms with van der Waals surface area (Å²) in [5.74, 6) is -0.769. The predicted molar refractivity (Wildman–Crippen MR) is 154 cm³/mol. The molecule has 0 radical (unpaired) electrons.